The molecule has 0 aliphatic heterocycles. The molecule has 0 radical (unpaired) electrons. The molecule has 0 saturated heterocycles. The lowest BCUT2D eigenvalue weighted by atomic mass is 9.96. The minimum absolute atomic E-state index is 0.0256. The average Bonchev–Trinajstić information content (AvgIpc) is 3.07. The lowest BCUT2D eigenvalue weighted by Crippen LogP contribution is -2.45. The molecule has 0 aromatic carbocycles. The number of methoxy groups -OCH3 is 1. The van der Waals surface area contributed by atoms with E-state index in [2.05, 4.69) is 24.1 Å². The molecule has 1 N–H and O–H groups in total. The van der Waals surface area contributed by atoms with E-state index in [0.29, 0.717) is 24.7 Å². The zero-order valence-electron chi connectivity index (χ0n) is 15.4. The largest absolute Gasteiger partial charge is 0.464 e. The number of ether oxygens (including phenoxy) is 1. The van der Waals surface area contributed by atoms with Crippen LogP contribution in [0.3, 0.4) is 0 Å². The third-order valence-electron chi connectivity index (χ3n) is 4.47. The van der Waals surface area contributed by atoms with Gasteiger partial charge in [0.25, 0.3) is 0 Å². The molecule has 2 rings (SSSR count). The van der Waals surface area contributed by atoms with Crippen LogP contribution in [0.1, 0.15) is 67.9 Å². The molecule has 0 atom stereocenters. The molecule has 0 unspecified atom stereocenters. The highest BCUT2D eigenvalue weighted by Crippen LogP contribution is 2.19. The molecular formula is C18H29N3O3S. The number of rotatable bonds is 7. The van der Waals surface area contributed by atoms with Crippen molar-refractivity contribution in [2.45, 2.75) is 65.0 Å². The fourth-order valence-electron chi connectivity index (χ4n) is 2.92. The Balaban J connectivity index is 1.99. The molecule has 1 aliphatic rings. The maximum Gasteiger partial charge on any atom is 0.357 e. The van der Waals surface area contributed by atoms with Crippen LogP contribution in [-0.4, -0.2) is 41.6 Å². The summed E-state index contributed by atoms with van der Waals surface area (Å²) in [7, 11) is 1.34. The number of hydrogen-bond donors (Lipinski definition) is 1. The van der Waals surface area contributed by atoms with Crippen LogP contribution in [0, 0.1) is 5.92 Å². The second kappa shape index (κ2) is 9.75. The number of esters is 1. The topological polar surface area (TPSA) is 71.5 Å². The van der Waals surface area contributed by atoms with Gasteiger partial charge in [-0.3, -0.25) is 0 Å². The Bertz CT molecular complexity index is 568. The molecule has 2 amide bonds. The zero-order chi connectivity index (χ0) is 18.2. The fraction of sp³-hybridized carbons (Fsp3) is 0.722. The minimum Gasteiger partial charge on any atom is -0.464 e. The molecule has 1 heterocycles. The van der Waals surface area contributed by atoms with Crippen LogP contribution < -0.4 is 5.32 Å². The van der Waals surface area contributed by atoms with Crippen LogP contribution in [0.25, 0.3) is 0 Å². The van der Waals surface area contributed by atoms with Crippen molar-refractivity contribution >= 4 is 23.3 Å². The van der Waals surface area contributed by atoms with E-state index in [0.717, 1.165) is 24.3 Å². The molecule has 1 aromatic heterocycles. The summed E-state index contributed by atoms with van der Waals surface area (Å²) in [5.41, 5.74) is 0.305. The highest BCUT2D eigenvalue weighted by atomic mass is 32.1. The second-order valence-electron chi connectivity index (χ2n) is 7.01. The van der Waals surface area contributed by atoms with E-state index in [4.69, 9.17) is 4.74 Å². The highest BCUT2D eigenvalue weighted by molar-refractivity contribution is 7.09. The molecule has 140 valence electrons. The lowest BCUT2D eigenvalue weighted by Gasteiger charge is -2.28. The summed E-state index contributed by atoms with van der Waals surface area (Å²) in [6.07, 6.45) is 6.70. The van der Waals surface area contributed by atoms with E-state index < -0.39 is 5.97 Å². The highest BCUT2D eigenvalue weighted by Gasteiger charge is 2.21. The normalized spacial score (nSPS) is 15.2. The molecule has 0 spiro atoms. The van der Waals surface area contributed by atoms with Crippen molar-refractivity contribution in [1.29, 1.82) is 0 Å². The first-order valence-corrected chi connectivity index (χ1v) is 9.95. The number of amides is 2. The van der Waals surface area contributed by atoms with E-state index in [1.54, 1.807) is 5.38 Å². The number of carbonyl (C=O) groups is 2. The van der Waals surface area contributed by atoms with Gasteiger partial charge in [0.15, 0.2) is 5.69 Å². The van der Waals surface area contributed by atoms with E-state index in [9.17, 15) is 9.59 Å². The van der Waals surface area contributed by atoms with E-state index in [1.807, 2.05) is 4.90 Å². The van der Waals surface area contributed by atoms with Crippen LogP contribution >= 0.6 is 11.3 Å². The predicted molar refractivity (Wildman–Crippen MR) is 98.7 cm³/mol. The number of nitrogens with zero attached hydrogens (tertiary/aromatic N) is 2. The van der Waals surface area contributed by atoms with E-state index in [1.165, 1.54) is 37.7 Å². The average molecular weight is 368 g/mol. The van der Waals surface area contributed by atoms with Gasteiger partial charge in [-0.2, -0.15) is 0 Å². The third kappa shape index (κ3) is 6.30. The first kappa shape index (κ1) is 19.7. The molecular weight excluding hydrogens is 338 g/mol. The number of aromatic nitrogens is 1. The van der Waals surface area contributed by atoms with Crippen molar-refractivity contribution in [2.75, 3.05) is 13.7 Å². The summed E-state index contributed by atoms with van der Waals surface area (Å²) in [5.74, 6) is 0.0785. The Morgan fingerprint density at radius 2 is 2.08 bits per heavy atom. The monoisotopic (exact) mass is 367 g/mol. The summed E-state index contributed by atoms with van der Waals surface area (Å²) in [6, 6.07) is 0.257. The Morgan fingerprint density at radius 3 is 2.72 bits per heavy atom. The van der Waals surface area contributed by atoms with Gasteiger partial charge in [-0.05, 0) is 25.2 Å². The number of nitrogens with one attached hydrogen (secondary N) is 1. The molecule has 1 saturated carbocycles. The first-order valence-electron chi connectivity index (χ1n) is 9.07. The van der Waals surface area contributed by atoms with Crippen LogP contribution in [0.4, 0.5) is 4.79 Å². The third-order valence-corrected chi connectivity index (χ3v) is 5.30. The summed E-state index contributed by atoms with van der Waals surface area (Å²) >= 11 is 1.39. The van der Waals surface area contributed by atoms with Gasteiger partial charge < -0.3 is 15.0 Å². The van der Waals surface area contributed by atoms with Gasteiger partial charge in [0.2, 0.25) is 0 Å². The minimum atomic E-state index is -0.442. The lowest BCUT2D eigenvalue weighted by molar-refractivity contribution is 0.0594. The Labute approximate surface area is 154 Å². The van der Waals surface area contributed by atoms with Crippen molar-refractivity contribution in [2.24, 2.45) is 5.92 Å². The summed E-state index contributed by atoms with van der Waals surface area (Å²) in [5, 5.41) is 5.61. The Kier molecular flexibility index (Phi) is 7.68. The zero-order valence-corrected chi connectivity index (χ0v) is 16.2. The summed E-state index contributed by atoms with van der Waals surface area (Å²) in [6.45, 7) is 5.40. The first-order chi connectivity index (χ1) is 12.0. The van der Waals surface area contributed by atoms with Gasteiger partial charge in [-0.15, -0.1) is 11.3 Å². The summed E-state index contributed by atoms with van der Waals surface area (Å²) in [4.78, 5) is 30.4. The van der Waals surface area contributed by atoms with Crippen LogP contribution in [0.2, 0.25) is 0 Å². The van der Waals surface area contributed by atoms with Crippen molar-refractivity contribution in [1.82, 2.24) is 15.2 Å². The van der Waals surface area contributed by atoms with E-state index >= 15 is 0 Å². The fourth-order valence-corrected chi connectivity index (χ4v) is 3.70. The van der Waals surface area contributed by atoms with Crippen molar-refractivity contribution < 1.29 is 14.3 Å². The van der Waals surface area contributed by atoms with Gasteiger partial charge >= 0.3 is 12.0 Å². The maximum absolute atomic E-state index is 12.7. The van der Waals surface area contributed by atoms with E-state index in [-0.39, 0.29) is 12.1 Å². The van der Waals surface area contributed by atoms with Gasteiger partial charge in [-0.1, -0.05) is 33.1 Å². The van der Waals surface area contributed by atoms with Gasteiger partial charge in [0, 0.05) is 18.0 Å². The standard InChI is InChI=1S/C18H29N3O3S/c1-13(2)9-10-21(18(23)19-14-7-5-4-6-8-14)11-16-20-15(12-25-16)17(22)24-3/h12-14H,4-11H2,1-3H3,(H,19,23). The van der Waals surface area contributed by atoms with Gasteiger partial charge in [0.05, 0.1) is 13.7 Å². The second-order valence-corrected chi connectivity index (χ2v) is 7.95. The SMILES string of the molecule is COC(=O)c1csc(CN(CCC(C)C)C(=O)NC2CCCCC2)n1. The Hall–Kier alpha value is -1.63. The summed E-state index contributed by atoms with van der Waals surface area (Å²) < 4.78 is 4.69. The van der Waals surface area contributed by atoms with Crippen LogP contribution in [-0.2, 0) is 11.3 Å². The molecule has 25 heavy (non-hydrogen) atoms. The Morgan fingerprint density at radius 1 is 1.36 bits per heavy atom. The van der Waals surface area contributed by atoms with Crippen molar-refractivity contribution in [3.8, 4) is 0 Å². The molecule has 1 aromatic rings. The predicted octanol–water partition coefficient (Wildman–Crippen LogP) is 3.82. The van der Waals surface area contributed by atoms with Crippen molar-refractivity contribution in [3.05, 3.63) is 16.1 Å². The molecule has 6 nitrogen and oxygen atoms in total. The number of urea groups is 1. The van der Waals surface area contributed by atoms with Gasteiger partial charge in [0.1, 0.15) is 5.01 Å². The number of hydrogen-bond acceptors (Lipinski definition) is 5. The van der Waals surface area contributed by atoms with Gasteiger partial charge in [-0.25, -0.2) is 14.6 Å². The number of carbonyl (C=O) groups excluding carboxylic acids is 2. The quantitative estimate of drug-likeness (QED) is 0.744. The van der Waals surface area contributed by atoms with Crippen LogP contribution in [0.5, 0.6) is 0 Å². The molecule has 7 heteroatoms. The molecule has 1 aliphatic carbocycles. The molecule has 1 fully saturated rings. The number of thiazole rings is 1. The molecule has 0 bridgehead atoms. The van der Waals surface area contributed by atoms with Crippen molar-refractivity contribution in [3.63, 3.8) is 0 Å². The van der Waals surface area contributed by atoms with Crippen LogP contribution in [0.15, 0.2) is 5.38 Å². The maximum atomic E-state index is 12.7. The smallest absolute Gasteiger partial charge is 0.357 e.